The quantitative estimate of drug-likeness (QED) is 0.847. The van der Waals surface area contributed by atoms with Gasteiger partial charge in [0.25, 0.3) is 0 Å². The van der Waals surface area contributed by atoms with E-state index in [1.807, 2.05) is 38.1 Å². The highest BCUT2D eigenvalue weighted by Gasteiger charge is 2.10. The summed E-state index contributed by atoms with van der Waals surface area (Å²) >= 11 is 0. The number of nitrogens with one attached hydrogen (secondary N) is 1. The first-order valence-electron chi connectivity index (χ1n) is 7.02. The molecule has 0 aromatic heterocycles. The summed E-state index contributed by atoms with van der Waals surface area (Å²) in [6.07, 6.45) is 0. The summed E-state index contributed by atoms with van der Waals surface area (Å²) in [4.78, 5) is 0. The molecule has 0 saturated heterocycles. The third kappa shape index (κ3) is 3.95. The van der Waals surface area contributed by atoms with Crippen molar-refractivity contribution < 1.29 is 14.2 Å². The molecule has 2 rings (SSSR count). The molecule has 0 spiro atoms. The largest absolute Gasteiger partial charge is 0.492 e. The van der Waals surface area contributed by atoms with Crippen molar-refractivity contribution in [3.8, 4) is 5.75 Å². The second kappa shape index (κ2) is 7.09. The average molecular weight is 289 g/mol. The standard InChI is InChI=1S/C17H20FNO2/c1-3-21-17-10-15(18)7-8-16(17)19-12(2)14-6-4-5-13(9-14)11-20/h4-10,12,19-20H,3,11H2,1-2H3. The Labute approximate surface area is 124 Å². The molecule has 0 heterocycles. The summed E-state index contributed by atoms with van der Waals surface area (Å²) < 4.78 is 18.8. The Kier molecular flexibility index (Phi) is 5.17. The highest BCUT2D eigenvalue weighted by molar-refractivity contribution is 5.57. The Morgan fingerprint density at radius 3 is 2.76 bits per heavy atom. The molecule has 2 N–H and O–H groups in total. The molecule has 21 heavy (non-hydrogen) atoms. The van der Waals surface area contributed by atoms with Gasteiger partial charge in [0.05, 0.1) is 18.9 Å². The molecule has 0 amide bonds. The molecule has 0 saturated carbocycles. The lowest BCUT2D eigenvalue weighted by Gasteiger charge is -2.19. The van der Waals surface area contributed by atoms with Gasteiger partial charge in [-0.2, -0.15) is 0 Å². The van der Waals surface area contributed by atoms with Crippen LogP contribution in [0.5, 0.6) is 5.75 Å². The van der Waals surface area contributed by atoms with Crippen molar-refractivity contribution in [2.24, 2.45) is 0 Å². The molecular formula is C17H20FNO2. The fourth-order valence-corrected chi connectivity index (χ4v) is 2.17. The van der Waals surface area contributed by atoms with Crippen molar-refractivity contribution in [3.63, 3.8) is 0 Å². The normalized spacial score (nSPS) is 12.0. The summed E-state index contributed by atoms with van der Waals surface area (Å²) in [6, 6.07) is 12.2. The van der Waals surface area contributed by atoms with Crippen LogP contribution in [0.1, 0.15) is 31.0 Å². The molecule has 0 aliphatic heterocycles. The number of hydrogen-bond donors (Lipinski definition) is 2. The van der Waals surface area contributed by atoms with Crippen LogP contribution in [0.4, 0.5) is 10.1 Å². The number of aliphatic hydroxyl groups is 1. The Balaban J connectivity index is 2.20. The first kappa shape index (κ1) is 15.3. The monoisotopic (exact) mass is 289 g/mol. The van der Waals surface area contributed by atoms with Crippen LogP contribution in [0.2, 0.25) is 0 Å². The van der Waals surface area contributed by atoms with Gasteiger partial charge in [0.15, 0.2) is 0 Å². The van der Waals surface area contributed by atoms with Crippen LogP contribution in [-0.2, 0) is 6.61 Å². The van der Waals surface area contributed by atoms with Crippen molar-refractivity contribution in [2.75, 3.05) is 11.9 Å². The molecular weight excluding hydrogens is 269 g/mol. The van der Waals surface area contributed by atoms with E-state index in [9.17, 15) is 9.50 Å². The Morgan fingerprint density at radius 1 is 1.24 bits per heavy atom. The third-order valence-electron chi connectivity index (χ3n) is 3.25. The molecule has 2 aromatic carbocycles. The van der Waals surface area contributed by atoms with E-state index >= 15 is 0 Å². The molecule has 0 radical (unpaired) electrons. The molecule has 112 valence electrons. The number of benzene rings is 2. The lowest BCUT2D eigenvalue weighted by atomic mass is 10.1. The summed E-state index contributed by atoms with van der Waals surface area (Å²) in [7, 11) is 0. The number of aliphatic hydroxyl groups excluding tert-OH is 1. The number of halogens is 1. The topological polar surface area (TPSA) is 41.5 Å². The van der Waals surface area contributed by atoms with Gasteiger partial charge >= 0.3 is 0 Å². The van der Waals surface area contributed by atoms with Crippen LogP contribution in [0, 0.1) is 5.82 Å². The molecule has 1 atom stereocenters. The van der Waals surface area contributed by atoms with Gasteiger partial charge in [-0.05, 0) is 37.1 Å². The van der Waals surface area contributed by atoms with E-state index in [1.165, 1.54) is 12.1 Å². The Bertz CT molecular complexity index is 601. The van der Waals surface area contributed by atoms with E-state index in [1.54, 1.807) is 6.07 Å². The maximum Gasteiger partial charge on any atom is 0.145 e. The van der Waals surface area contributed by atoms with Crippen LogP contribution in [-0.4, -0.2) is 11.7 Å². The van der Waals surface area contributed by atoms with Crippen LogP contribution in [0.15, 0.2) is 42.5 Å². The molecule has 3 nitrogen and oxygen atoms in total. The number of hydrogen-bond acceptors (Lipinski definition) is 3. The van der Waals surface area contributed by atoms with Gasteiger partial charge in [-0.25, -0.2) is 4.39 Å². The molecule has 0 bridgehead atoms. The second-order valence-electron chi connectivity index (χ2n) is 4.84. The predicted octanol–water partition coefficient (Wildman–Crippen LogP) is 3.89. The van der Waals surface area contributed by atoms with E-state index in [-0.39, 0.29) is 18.5 Å². The van der Waals surface area contributed by atoms with Crippen LogP contribution >= 0.6 is 0 Å². The van der Waals surface area contributed by atoms with Crippen LogP contribution in [0.3, 0.4) is 0 Å². The number of anilines is 1. The number of rotatable bonds is 6. The van der Waals surface area contributed by atoms with Crippen molar-refractivity contribution in [3.05, 3.63) is 59.4 Å². The molecule has 4 heteroatoms. The molecule has 0 fully saturated rings. The summed E-state index contributed by atoms with van der Waals surface area (Å²) in [5, 5.41) is 12.5. The molecule has 1 unspecified atom stereocenters. The minimum atomic E-state index is -0.320. The smallest absolute Gasteiger partial charge is 0.145 e. The SMILES string of the molecule is CCOc1cc(F)ccc1NC(C)c1cccc(CO)c1. The van der Waals surface area contributed by atoms with Gasteiger partial charge in [0.1, 0.15) is 11.6 Å². The fourth-order valence-electron chi connectivity index (χ4n) is 2.17. The Hall–Kier alpha value is -2.07. The maximum absolute atomic E-state index is 13.3. The van der Waals surface area contributed by atoms with Crippen molar-refractivity contribution >= 4 is 5.69 Å². The van der Waals surface area contributed by atoms with Crippen molar-refractivity contribution in [1.29, 1.82) is 0 Å². The zero-order valence-corrected chi connectivity index (χ0v) is 12.3. The molecule has 0 aliphatic rings. The third-order valence-corrected chi connectivity index (χ3v) is 3.25. The Morgan fingerprint density at radius 2 is 2.05 bits per heavy atom. The minimum absolute atomic E-state index is 0.0150. The van der Waals surface area contributed by atoms with E-state index < -0.39 is 0 Å². The molecule has 2 aromatic rings. The van der Waals surface area contributed by atoms with Gasteiger partial charge in [0, 0.05) is 12.1 Å². The van der Waals surface area contributed by atoms with Gasteiger partial charge in [-0.1, -0.05) is 24.3 Å². The predicted molar refractivity (Wildman–Crippen MR) is 82.0 cm³/mol. The van der Waals surface area contributed by atoms with E-state index in [0.29, 0.717) is 12.4 Å². The van der Waals surface area contributed by atoms with E-state index in [0.717, 1.165) is 16.8 Å². The van der Waals surface area contributed by atoms with Crippen molar-refractivity contribution in [1.82, 2.24) is 0 Å². The maximum atomic E-state index is 13.3. The van der Waals surface area contributed by atoms with Gasteiger partial charge < -0.3 is 15.2 Å². The van der Waals surface area contributed by atoms with E-state index in [2.05, 4.69) is 5.32 Å². The van der Waals surface area contributed by atoms with Crippen LogP contribution < -0.4 is 10.1 Å². The fraction of sp³-hybridized carbons (Fsp3) is 0.294. The van der Waals surface area contributed by atoms with Gasteiger partial charge in [-0.15, -0.1) is 0 Å². The first-order valence-corrected chi connectivity index (χ1v) is 7.02. The summed E-state index contributed by atoms with van der Waals surface area (Å²) in [5.74, 6) is 0.182. The highest BCUT2D eigenvalue weighted by Crippen LogP contribution is 2.29. The van der Waals surface area contributed by atoms with Crippen molar-refractivity contribution in [2.45, 2.75) is 26.5 Å². The highest BCUT2D eigenvalue weighted by atomic mass is 19.1. The average Bonchev–Trinajstić information content (AvgIpc) is 2.50. The lowest BCUT2D eigenvalue weighted by molar-refractivity contribution is 0.281. The van der Waals surface area contributed by atoms with E-state index in [4.69, 9.17) is 4.74 Å². The van der Waals surface area contributed by atoms with Crippen LogP contribution in [0.25, 0.3) is 0 Å². The zero-order chi connectivity index (χ0) is 15.2. The summed E-state index contributed by atoms with van der Waals surface area (Å²) in [5.41, 5.74) is 2.67. The molecule has 0 aliphatic carbocycles. The minimum Gasteiger partial charge on any atom is -0.492 e. The first-order chi connectivity index (χ1) is 10.1. The lowest BCUT2D eigenvalue weighted by Crippen LogP contribution is -2.09. The van der Waals surface area contributed by atoms with Gasteiger partial charge in [0.2, 0.25) is 0 Å². The second-order valence-corrected chi connectivity index (χ2v) is 4.84. The zero-order valence-electron chi connectivity index (χ0n) is 12.3. The van der Waals surface area contributed by atoms with Gasteiger partial charge in [-0.3, -0.25) is 0 Å². The number of ether oxygens (including phenoxy) is 1. The summed E-state index contributed by atoms with van der Waals surface area (Å²) in [6.45, 7) is 4.37.